The van der Waals surface area contributed by atoms with E-state index in [2.05, 4.69) is 24.0 Å². The molecule has 2 aromatic rings. The molecule has 1 fully saturated rings. The summed E-state index contributed by atoms with van der Waals surface area (Å²) in [6, 6.07) is 18.6. The fourth-order valence-electron chi connectivity index (χ4n) is 2.82. The van der Waals surface area contributed by atoms with Crippen molar-refractivity contribution in [2.45, 2.75) is 6.04 Å². The van der Waals surface area contributed by atoms with Crippen LogP contribution in [0.3, 0.4) is 0 Å². The van der Waals surface area contributed by atoms with E-state index in [0.717, 1.165) is 37.6 Å². The number of hydrogen-bond donors (Lipinski definition) is 1. The first-order chi connectivity index (χ1) is 11.4. The summed E-state index contributed by atoms with van der Waals surface area (Å²) in [7, 11) is 1.69. The van der Waals surface area contributed by atoms with Gasteiger partial charge in [-0.05, 0) is 42.3 Å². The lowest BCUT2D eigenvalue weighted by atomic mass is 10.0. The number of morpholine rings is 1. The zero-order valence-corrected chi connectivity index (χ0v) is 13.4. The number of nitrogens with one attached hydrogen (secondary N) is 1. The van der Waals surface area contributed by atoms with Gasteiger partial charge in [0, 0.05) is 11.1 Å². The van der Waals surface area contributed by atoms with Gasteiger partial charge in [0.1, 0.15) is 18.8 Å². The molecule has 1 aliphatic rings. The van der Waals surface area contributed by atoms with Gasteiger partial charge in [0.15, 0.2) is 6.04 Å². The largest absolute Gasteiger partial charge is 0.497 e. The fourth-order valence-corrected chi connectivity index (χ4v) is 2.82. The Balaban J connectivity index is 1.88. The highest BCUT2D eigenvalue weighted by Crippen LogP contribution is 2.16. The number of quaternary nitrogens is 1. The number of methoxy groups -OCH3 is 1. The van der Waals surface area contributed by atoms with Crippen molar-refractivity contribution in [1.82, 2.24) is 0 Å². The summed E-state index contributed by atoms with van der Waals surface area (Å²) in [5, 5.41) is 0. The minimum Gasteiger partial charge on any atom is -0.497 e. The molecule has 0 amide bonds. The second-order valence-corrected chi connectivity index (χ2v) is 5.61. The van der Waals surface area contributed by atoms with Crippen molar-refractivity contribution in [1.29, 1.82) is 0 Å². The van der Waals surface area contributed by atoms with E-state index in [1.165, 1.54) is 10.5 Å². The van der Waals surface area contributed by atoms with Gasteiger partial charge in [-0.25, -0.2) is 0 Å². The van der Waals surface area contributed by atoms with Crippen LogP contribution in [0.4, 0.5) is 0 Å². The second kappa shape index (κ2) is 7.82. The predicted molar refractivity (Wildman–Crippen MR) is 90.6 cm³/mol. The topological polar surface area (TPSA) is 22.9 Å². The molecule has 3 heteroatoms. The summed E-state index contributed by atoms with van der Waals surface area (Å²) in [4.78, 5) is 1.46. The lowest BCUT2D eigenvalue weighted by Crippen LogP contribution is -3.14. The molecule has 118 valence electrons. The molecule has 0 aliphatic carbocycles. The van der Waals surface area contributed by atoms with Gasteiger partial charge >= 0.3 is 0 Å². The smallest absolute Gasteiger partial charge is 0.175 e. The summed E-state index contributed by atoms with van der Waals surface area (Å²) < 4.78 is 10.8. The Morgan fingerprint density at radius 1 is 1.00 bits per heavy atom. The van der Waals surface area contributed by atoms with Gasteiger partial charge in [0.05, 0.1) is 20.3 Å². The van der Waals surface area contributed by atoms with Crippen LogP contribution >= 0.6 is 0 Å². The zero-order chi connectivity index (χ0) is 15.9. The number of hydrogen-bond acceptors (Lipinski definition) is 2. The third kappa shape index (κ3) is 4.13. The van der Waals surface area contributed by atoms with E-state index in [-0.39, 0.29) is 6.04 Å². The highest BCUT2D eigenvalue weighted by Gasteiger charge is 2.24. The summed E-state index contributed by atoms with van der Waals surface area (Å²) in [6.07, 6.45) is 0. The molecule has 3 rings (SSSR count). The second-order valence-electron chi connectivity index (χ2n) is 5.61. The number of rotatable bonds is 3. The molecule has 1 aliphatic heterocycles. The molecule has 0 bridgehead atoms. The Morgan fingerprint density at radius 3 is 2.35 bits per heavy atom. The average Bonchev–Trinajstić information content (AvgIpc) is 2.64. The normalized spacial score (nSPS) is 16.2. The van der Waals surface area contributed by atoms with Gasteiger partial charge < -0.3 is 14.4 Å². The van der Waals surface area contributed by atoms with Gasteiger partial charge in [-0.3, -0.25) is 0 Å². The first kappa shape index (κ1) is 15.6. The summed E-state index contributed by atoms with van der Waals surface area (Å²) in [6.45, 7) is 3.57. The van der Waals surface area contributed by atoms with Crippen LogP contribution in [0.25, 0.3) is 0 Å². The third-order valence-electron chi connectivity index (χ3n) is 4.13. The van der Waals surface area contributed by atoms with Gasteiger partial charge in [0.2, 0.25) is 0 Å². The van der Waals surface area contributed by atoms with Crippen molar-refractivity contribution in [3.05, 3.63) is 65.7 Å². The van der Waals surface area contributed by atoms with Crippen LogP contribution in [-0.4, -0.2) is 33.4 Å². The van der Waals surface area contributed by atoms with Gasteiger partial charge in [-0.1, -0.05) is 24.1 Å². The van der Waals surface area contributed by atoms with E-state index in [1.807, 2.05) is 42.5 Å². The monoisotopic (exact) mass is 308 g/mol. The maximum Gasteiger partial charge on any atom is 0.175 e. The van der Waals surface area contributed by atoms with Gasteiger partial charge in [-0.15, -0.1) is 0 Å². The highest BCUT2D eigenvalue weighted by atomic mass is 16.5. The molecule has 0 unspecified atom stereocenters. The van der Waals surface area contributed by atoms with Crippen LogP contribution in [0.2, 0.25) is 0 Å². The first-order valence-electron chi connectivity index (χ1n) is 7.99. The third-order valence-corrected chi connectivity index (χ3v) is 4.13. The summed E-state index contributed by atoms with van der Waals surface area (Å²) in [5.41, 5.74) is 2.28. The molecule has 2 aromatic carbocycles. The lowest BCUT2D eigenvalue weighted by Gasteiger charge is -2.28. The molecule has 23 heavy (non-hydrogen) atoms. The minimum atomic E-state index is 0.157. The molecule has 0 saturated carbocycles. The Labute approximate surface area is 137 Å². The van der Waals surface area contributed by atoms with E-state index in [9.17, 15) is 0 Å². The van der Waals surface area contributed by atoms with E-state index >= 15 is 0 Å². The van der Waals surface area contributed by atoms with E-state index in [1.54, 1.807) is 7.11 Å². The Kier molecular flexibility index (Phi) is 5.31. The van der Waals surface area contributed by atoms with Crippen molar-refractivity contribution in [2.24, 2.45) is 0 Å². The summed E-state index contributed by atoms with van der Waals surface area (Å²) in [5.74, 6) is 7.68. The molecule has 1 saturated heterocycles. The maximum absolute atomic E-state index is 5.50. The Hall–Kier alpha value is -2.28. The number of ether oxygens (including phenoxy) is 2. The quantitative estimate of drug-likeness (QED) is 0.872. The lowest BCUT2D eigenvalue weighted by molar-refractivity contribution is -0.930. The average molecular weight is 308 g/mol. The van der Waals surface area contributed by atoms with Crippen molar-refractivity contribution in [3.63, 3.8) is 0 Å². The molecule has 1 atom stereocenters. The molecular formula is C20H22NO2+. The Bertz CT molecular complexity index is 664. The van der Waals surface area contributed by atoms with E-state index in [4.69, 9.17) is 9.47 Å². The fraction of sp³-hybridized carbons (Fsp3) is 0.300. The SMILES string of the molecule is COc1ccc([C@@H](C#Cc2ccccc2)[NH+]2CCOCC2)cc1. The molecule has 1 heterocycles. The maximum atomic E-state index is 5.50. The standard InChI is InChI=1S/C20H21NO2/c1-22-19-10-8-18(9-11-19)20(21-13-15-23-16-14-21)12-7-17-5-3-2-4-6-17/h2-6,8-11,20H,13-16H2,1H3/p+1/t20-/m1/s1. The van der Waals surface area contributed by atoms with Gasteiger partial charge in [-0.2, -0.15) is 0 Å². The first-order valence-corrected chi connectivity index (χ1v) is 7.99. The van der Waals surface area contributed by atoms with E-state index < -0.39 is 0 Å². The van der Waals surface area contributed by atoms with Crippen LogP contribution in [0.1, 0.15) is 17.2 Å². The van der Waals surface area contributed by atoms with Crippen molar-refractivity contribution in [2.75, 3.05) is 33.4 Å². The van der Waals surface area contributed by atoms with Crippen LogP contribution in [0, 0.1) is 11.8 Å². The van der Waals surface area contributed by atoms with Crippen molar-refractivity contribution < 1.29 is 14.4 Å². The molecule has 0 aromatic heterocycles. The van der Waals surface area contributed by atoms with E-state index in [0.29, 0.717) is 0 Å². The van der Waals surface area contributed by atoms with Crippen LogP contribution in [0.15, 0.2) is 54.6 Å². The van der Waals surface area contributed by atoms with Crippen molar-refractivity contribution >= 4 is 0 Å². The molecule has 1 N–H and O–H groups in total. The predicted octanol–water partition coefficient (Wildman–Crippen LogP) is 1.70. The molecule has 3 nitrogen and oxygen atoms in total. The Morgan fingerprint density at radius 2 is 1.70 bits per heavy atom. The molecular weight excluding hydrogens is 286 g/mol. The van der Waals surface area contributed by atoms with Crippen LogP contribution < -0.4 is 9.64 Å². The summed E-state index contributed by atoms with van der Waals surface area (Å²) >= 11 is 0. The van der Waals surface area contributed by atoms with Crippen LogP contribution in [0.5, 0.6) is 5.75 Å². The van der Waals surface area contributed by atoms with Gasteiger partial charge in [0.25, 0.3) is 0 Å². The van der Waals surface area contributed by atoms with Crippen LogP contribution in [-0.2, 0) is 4.74 Å². The highest BCUT2D eigenvalue weighted by molar-refractivity contribution is 5.37. The van der Waals surface area contributed by atoms with Crippen molar-refractivity contribution in [3.8, 4) is 17.6 Å². The molecule has 0 spiro atoms. The molecule has 0 radical (unpaired) electrons. The minimum absolute atomic E-state index is 0.157. The number of benzene rings is 2. The zero-order valence-electron chi connectivity index (χ0n) is 13.4.